The van der Waals surface area contributed by atoms with E-state index in [4.69, 9.17) is 0 Å². The summed E-state index contributed by atoms with van der Waals surface area (Å²) in [5.74, 6) is 0.438. The van der Waals surface area contributed by atoms with E-state index in [1.54, 1.807) is 0 Å². The summed E-state index contributed by atoms with van der Waals surface area (Å²) >= 11 is 0. The van der Waals surface area contributed by atoms with Crippen molar-refractivity contribution < 1.29 is 9.90 Å². The Labute approximate surface area is 97.2 Å². The Bertz CT molecular complexity index is 212. The topological polar surface area (TPSA) is 61.4 Å². The van der Waals surface area contributed by atoms with Gasteiger partial charge in [0.2, 0.25) is 5.91 Å². The SMILES string of the molecule is CC(C)C(C)NC(=O)C1CC(O)CN1.Cl. The molecule has 0 bridgehead atoms. The summed E-state index contributed by atoms with van der Waals surface area (Å²) in [5.41, 5.74) is 0. The van der Waals surface area contributed by atoms with Gasteiger partial charge in [-0.25, -0.2) is 0 Å². The van der Waals surface area contributed by atoms with Gasteiger partial charge < -0.3 is 15.7 Å². The van der Waals surface area contributed by atoms with Gasteiger partial charge >= 0.3 is 0 Å². The van der Waals surface area contributed by atoms with Crippen LogP contribution in [0.4, 0.5) is 0 Å². The minimum absolute atomic E-state index is 0. The highest BCUT2D eigenvalue weighted by atomic mass is 35.5. The van der Waals surface area contributed by atoms with Crippen molar-refractivity contribution >= 4 is 18.3 Å². The lowest BCUT2D eigenvalue weighted by molar-refractivity contribution is -0.123. The van der Waals surface area contributed by atoms with E-state index in [0.29, 0.717) is 18.9 Å². The van der Waals surface area contributed by atoms with Gasteiger partial charge in [-0.05, 0) is 19.3 Å². The van der Waals surface area contributed by atoms with Crippen LogP contribution in [-0.4, -0.2) is 35.7 Å². The molecule has 0 spiro atoms. The second-order valence-electron chi connectivity index (χ2n) is 4.39. The van der Waals surface area contributed by atoms with Crippen LogP contribution in [0.3, 0.4) is 0 Å². The Kier molecular flexibility index (Phi) is 6.17. The number of carbonyl (C=O) groups excluding carboxylic acids is 1. The molecule has 0 aromatic heterocycles. The first-order chi connectivity index (χ1) is 6.50. The van der Waals surface area contributed by atoms with E-state index in [-0.39, 0.29) is 36.5 Å². The van der Waals surface area contributed by atoms with E-state index in [2.05, 4.69) is 24.5 Å². The van der Waals surface area contributed by atoms with E-state index in [1.807, 2.05) is 6.92 Å². The minimum atomic E-state index is -0.375. The van der Waals surface area contributed by atoms with Crippen molar-refractivity contribution in [2.45, 2.75) is 45.4 Å². The standard InChI is InChI=1S/C10H20N2O2.ClH/c1-6(2)7(3)12-10(14)9-4-8(13)5-11-9;/h6-9,11,13H,4-5H2,1-3H3,(H,12,14);1H. The third-order valence-electron chi connectivity index (χ3n) is 2.79. The molecule has 0 aromatic carbocycles. The summed E-state index contributed by atoms with van der Waals surface area (Å²) < 4.78 is 0. The van der Waals surface area contributed by atoms with Crippen molar-refractivity contribution in [3.8, 4) is 0 Å². The van der Waals surface area contributed by atoms with Gasteiger partial charge in [-0.1, -0.05) is 13.8 Å². The summed E-state index contributed by atoms with van der Waals surface area (Å²) in [4.78, 5) is 11.6. The zero-order valence-electron chi connectivity index (χ0n) is 9.49. The quantitative estimate of drug-likeness (QED) is 0.660. The third-order valence-corrected chi connectivity index (χ3v) is 2.79. The van der Waals surface area contributed by atoms with Crippen molar-refractivity contribution in [1.29, 1.82) is 0 Å². The van der Waals surface area contributed by atoms with Crippen LogP contribution in [0.15, 0.2) is 0 Å². The fraction of sp³-hybridized carbons (Fsp3) is 0.900. The lowest BCUT2D eigenvalue weighted by Gasteiger charge is -2.19. The number of hydrogen-bond acceptors (Lipinski definition) is 3. The highest BCUT2D eigenvalue weighted by molar-refractivity contribution is 5.85. The molecule has 90 valence electrons. The van der Waals surface area contributed by atoms with Gasteiger partial charge in [0.15, 0.2) is 0 Å². The summed E-state index contributed by atoms with van der Waals surface area (Å²) in [5, 5.41) is 15.2. The average molecular weight is 237 g/mol. The fourth-order valence-electron chi connectivity index (χ4n) is 1.41. The Morgan fingerprint density at radius 3 is 2.47 bits per heavy atom. The molecule has 3 N–H and O–H groups in total. The van der Waals surface area contributed by atoms with E-state index in [9.17, 15) is 9.90 Å². The summed E-state index contributed by atoms with van der Waals surface area (Å²) in [6.07, 6.45) is 0.150. The fourth-order valence-corrected chi connectivity index (χ4v) is 1.41. The number of hydrogen-bond donors (Lipinski definition) is 3. The Morgan fingerprint density at radius 2 is 2.07 bits per heavy atom. The van der Waals surface area contributed by atoms with Crippen LogP contribution in [0.1, 0.15) is 27.2 Å². The maximum absolute atomic E-state index is 11.6. The van der Waals surface area contributed by atoms with Crippen molar-refractivity contribution in [3.63, 3.8) is 0 Å². The van der Waals surface area contributed by atoms with Crippen LogP contribution in [-0.2, 0) is 4.79 Å². The summed E-state index contributed by atoms with van der Waals surface area (Å²) in [6, 6.07) is -0.0340. The van der Waals surface area contributed by atoms with Gasteiger partial charge in [-0.15, -0.1) is 12.4 Å². The summed E-state index contributed by atoms with van der Waals surface area (Å²) in [7, 11) is 0. The van der Waals surface area contributed by atoms with E-state index >= 15 is 0 Å². The smallest absolute Gasteiger partial charge is 0.237 e. The molecule has 1 rings (SSSR count). The maximum atomic E-state index is 11.6. The first-order valence-corrected chi connectivity index (χ1v) is 5.22. The molecule has 4 nitrogen and oxygen atoms in total. The summed E-state index contributed by atoms with van der Waals surface area (Å²) in [6.45, 7) is 6.66. The first-order valence-electron chi connectivity index (χ1n) is 5.22. The second kappa shape index (κ2) is 6.30. The second-order valence-corrected chi connectivity index (χ2v) is 4.39. The molecule has 0 radical (unpaired) electrons. The molecule has 1 aliphatic rings. The van der Waals surface area contributed by atoms with Gasteiger partial charge in [-0.3, -0.25) is 4.79 Å². The lowest BCUT2D eigenvalue weighted by atomic mass is 10.1. The number of nitrogens with one attached hydrogen (secondary N) is 2. The number of carbonyl (C=O) groups is 1. The van der Waals surface area contributed by atoms with Crippen LogP contribution in [0.25, 0.3) is 0 Å². The monoisotopic (exact) mass is 236 g/mol. The predicted octanol–water partition coefficient (Wildman–Crippen LogP) is 0.292. The van der Waals surface area contributed by atoms with Crippen molar-refractivity contribution in [2.24, 2.45) is 5.92 Å². The van der Waals surface area contributed by atoms with Crippen LogP contribution < -0.4 is 10.6 Å². The predicted molar refractivity (Wildman–Crippen MR) is 62.1 cm³/mol. The van der Waals surface area contributed by atoms with Crippen LogP contribution >= 0.6 is 12.4 Å². The van der Waals surface area contributed by atoms with E-state index in [1.165, 1.54) is 0 Å². The van der Waals surface area contributed by atoms with Gasteiger partial charge in [-0.2, -0.15) is 0 Å². The maximum Gasteiger partial charge on any atom is 0.237 e. The molecular formula is C10H21ClN2O2. The molecule has 1 heterocycles. The Balaban J connectivity index is 0.00000196. The molecule has 5 heteroatoms. The molecule has 0 aromatic rings. The number of aliphatic hydroxyl groups excluding tert-OH is 1. The molecule has 15 heavy (non-hydrogen) atoms. The number of rotatable bonds is 3. The van der Waals surface area contributed by atoms with E-state index < -0.39 is 0 Å². The van der Waals surface area contributed by atoms with Gasteiger partial charge in [0.05, 0.1) is 12.1 Å². The van der Waals surface area contributed by atoms with Crippen molar-refractivity contribution in [3.05, 3.63) is 0 Å². The third kappa shape index (κ3) is 4.36. The van der Waals surface area contributed by atoms with Crippen LogP contribution in [0.2, 0.25) is 0 Å². The zero-order valence-corrected chi connectivity index (χ0v) is 10.3. The molecule has 1 amide bonds. The molecule has 1 aliphatic heterocycles. The largest absolute Gasteiger partial charge is 0.392 e. The first kappa shape index (κ1) is 14.7. The van der Waals surface area contributed by atoms with Gasteiger partial charge in [0, 0.05) is 12.6 Å². The van der Waals surface area contributed by atoms with E-state index in [0.717, 1.165) is 0 Å². The zero-order chi connectivity index (χ0) is 10.7. The lowest BCUT2D eigenvalue weighted by Crippen LogP contribution is -2.45. The molecule has 3 atom stereocenters. The highest BCUT2D eigenvalue weighted by Crippen LogP contribution is 2.07. The average Bonchev–Trinajstić information content (AvgIpc) is 2.51. The number of amides is 1. The molecular weight excluding hydrogens is 216 g/mol. The van der Waals surface area contributed by atoms with Gasteiger partial charge in [0.1, 0.15) is 0 Å². The number of aliphatic hydroxyl groups is 1. The highest BCUT2D eigenvalue weighted by Gasteiger charge is 2.28. The Hall–Kier alpha value is -0.320. The number of β-amino-alcohol motifs (C(OH)–C–C–N with tert-alkyl or cyclic N) is 1. The van der Waals surface area contributed by atoms with Gasteiger partial charge in [0.25, 0.3) is 0 Å². The molecule has 3 unspecified atom stereocenters. The Morgan fingerprint density at radius 1 is 1.47 bits per heavy atom. The molecule has 1 fully saturated rings. The van der Waals surface area contributed by atoms with Crippen molar-refractivity contribution in [1.82, 2.24) is 10.6 Å². The van der Waals surface area contributed by atoms with Crippen LogP contribution in [0, 0.1) is 5.92 Å². The number of halogens is 1. The molecule has 0 saturated carbocycles. The minimum Gasteiger partial charge on any atom is -0.392 e. The van der Waals surface area contributed by atoms with Crippen LogP contribution in [0.5, 0.6) is 0 Å². The molecule has 1 saturated heterocycles. The van der Waals surface area contributed by atoms with Crippen molar-refractivity contribution in [2.75, 3.05) is 6.54 Å². The normalized spacial score (nSPS) is 27.3. The molecule has 0 aliphatic carbocycles.